The Balaban J connectivity index is 2.10. The van der Waals surface area contributed by atoms with Gasteiger partial charge in [0.25, 0.3) is 0 Å². The van der Waals surface area contributed by atoms with Crippen molar-refractivity contribution in [3.63, 3.8) is 0 Å². The van der Waals surface area contributed by atoms with Crippen molar-refractivity contribution >= 4 is 23.0 Å². The molecule has 0 aliphatic carbocycles. The minimum atomic E-state index is 0.828. The molecular weight excluding hydrogens is 268 g/mol. The van der Waals surface area contributed by atoms with E-state index in [9.17, 15) is 0 Å². The molecule has 0 spiro atoms. The largest absolute Gasteiger partial charge is 0.340 e. The van der Waals surface area contributed by atoms with Crippen molar-refractivity contribution in [3.05, 3.63) is 58.6 Å². The lowest BCUT2D eigenvalue weighted by atomic mass is 10.00. The van der Waals surface area contributed by atoms with Crippen molar-refractivity contribution < 1.29 is 0 Å². The minimum Gasteiger partial charge on any atom is -0.340 e. The number of hydrogen-bond acceptors (Lipinski definition) is 2. The van der Waals surface area contributed by atoms with Crippen molar-refractivity contribution in [2.75, 3.05) is 18.5 Å². The van der Waals surface area contributed by atoms with Gasteiger partial charge in [0, 0.05) is 18.8 Å². The number of benzene rings is 2. The van der Waals surface area contributed by atoms with Crippen molar-refractivity contribution in [2.45, 2.75) is 19.4 Å². The van der Waals surface area contributed by atoms with Crippen LogP contribution in [0.2, 0.25) is 5.02 Å². The molecule has 0 radical (unpaired) electrons. The van der Waals surface area contributed by atoms with Gasteiger partial charge in [0.05, 0.1) is 10.7 Å². The highest BCUT2D eigenvalue weighted by atomic mass is 35.5. The predicted molar refractivity (Wildman–Crippen MR) is 86.0 cm³/mol. The zero-order valence-electron chi connectivity index (χ0n) is 11.7. The topological polar surface area (TPSA) is 15.3 Å². The summed E-state index contributed by atoms with van der Waals surface area (Å²) in [6.07, 6.45) is 2.32. The number of fused-ring (bicyclic) bond motifs is 1. The van der Waals surface area contributed by atoms with Crippen molar-refractivity contribution in [1.29, 1.82) is 0 Å². The SMILES string of the molecule is CNCc1cccc(Cl)c1N1CCCc2ccccc21. The van der Waals surface area contributed by atoms with Crippen molar-refractivity contribution in [2.24, 2.45) is 0 Å². The number of aryl methyl sites for hydroxylation is 1. The second-order valence-corrected chi connectivity index (χ2v) is 5.57. The van der Waals surface area contributed by atoms with Gasteiger partial charge in [-0.2, -0.15) is 0 Å². The van der Waals surface area contributed by atoms with Crippen LogP contribution in [0, 0.1) is 0 Å². The molecule has 20 heavy (non-hydrogen) atoms. The van der Waals surface area contributed by atoms with Gasteiger partial charge in [-0.25, -0.2) is 0 Å². The number of halogens is 1. The normalized spacial score (nSPS) is 14.2. The minimum absolute atomic E-state index is 0.828. The van der Waals surface area contributed by atoms with E-state index in [0.717, 1.165) is 30.2 Å². The van der Waals surface area contributed by atoms with Gasteiger partial charge in [0.15, 0.2) is 0 Å². The first-order valence-electron chi connectivity index (χ1n) is 7.08. The van der Waals surface area contributed by atoms with Crippen LogP contribution in [0.3, 0.4) is 0 Å². The Hall–Kier alpha value is -1.51. The standard InChI is InChI=1S/C17H19ClN2/c1-19-12-14-7-4-9-15(18)17(14)20-11-5-8-13-6-2-3-10-16(13)20/h2-4,6-7,9-10,19H,5,8,11-12H2,1H3. The Morgan fingerprint density at radius 1 is 1.15 bits per heavy atom. The molecule has 3 heteroatoms. The average molecular weight is 287 g/mol. The molecule has 0 atom stereocenters. The lowest BCUT2D eigenvalue weighted by Crippen LogP contribution is -2.26. The van der Waals surface area contributed by atoms with Crippen LogP contribution in [-0.2, 0) is 13.0 Å². The van der Waals surface area contributed by atoms with Crippen LogP contribution in [-0.4, -0.2) is 13.6 Å². The second kappa shape index (κ2) is 5.86. The average Bonchev–Trinajstić information content (AvgIpc) is 2.48. The van der Waals surface area contributed by atoms with E-state index >= 15 is 0 Å². The first-order chi connectivity index (χ1) is 9.81. The van der Waals surface area contributed by atoms with Crippen LogP contribution in [0.1, 0.15) is 17.5 Å². The quantitative estimate of drug-likeness (QED) is 0.912. The number of hydrogen-bond donors (Lipinski definition) is 1. The highest BCUT2D eigenvalue weighted by Crippen LogP contribution is 2.39. The van der Waals surface area contributed by atoms with Gasteiger partial charge < -0.3 is 10.2 Å². The first-order valence-corrected chi connectivity index (χ1v) is 7.46. The van der Waals surface area contributed by atoms with E-state index in [2.05, 4.69) is 40.5 Å². The molecule has 0 saturated carbocycles. The van der Waals surface area contributed by atoms with Gasteiger partial charge in [-0.15, -0.1) is 0 Å². The Morgan fingerprint density at radius 3 is 2.85 bits per heavy atom. The number of rotatable bonds is 3. The van der Waals surface area contributed by atoms with Gasteiger partial charge in [0.2, 0.25) is 0 Å². The van der Waals surface area contributed by atoms with Crippen molar-refractivity contribution in [1.82, 2.24) is 5.32 Å². The highest BCUT2D eigenvalue weighted by molar-refractivity contribution is 6.33. The predicted octanol–water partition coefficient (Wildman–Crippen LogP) is 4.14. The van der Waals surface area contributed by atoms with E-state index in [1.54, 1.807) is 0 Å². The van der Waals surface area contributed by atoms with Crippen LogP contribution in [0.25, 0.3) is 0 Å². The zero-order chi connectivity index (χ0) is 13.9. The molecule has 1 aliphatic rings. The fourth-order valence-corrected chi connectivity index (χ4v) is 3.26. The summed E-state index contributed by atoms with van der Waals surface area (Å²) in [5.74, 6) is 0. The third kappa shape index (κ3) is 2.41. The molecule has 0 amide bonds. The summed E-state index contributed by atoms with van der Waals surface area (Å²) in [7, 11) is 1.97. The van der Waals surface area contributed by atoms with E-state index in [1.807, 2.05) is 19.2 Å². The fraction of sp³-hybridized carbons (Fsp3) is 0.294. The number of nitrogens with one attached hydrogen (secondary N) is 1. The lowest BCUT2D eigenvalue weighted by Gasteiger charge is -2.33. The van der Waals surface area contributed by atoms with Crippen LogP contribution in [0.5, 0.6) is 0 Å². The summed E-state index contributed by atoms with van der Waals surface area (Å²) in [5.41, 5.74) is 5.10. The Morgan fingerprint density at radius 2 is 2.00 bits per heavy atom. The third-order valence-corrected chi connectivity index (χ3v) is 4.12. The van der Waals surface area contributed by atoms with Crippen LogP contribution >= 0.6 is 11.6 Å². The lowest BCUT2D eigenvalue weighted by molar-refractivity contribution is 0.755. The van der Waals surface area contributed by atoms with Crippen LogP contribution in [0.15, 0.2) is 42.5 Å². The van der Waals surface area contributed by atoms with E-state index in [0.29, 0.717) is 0 Å². The van der Waals surface area contributed by atoms with Gasteiger partial charge in [-0.1, -0.05) is 41.9 Å². The number of para-hydroxylation sites is 2. The molecule has 2 aromatic rings. The summed E-state index contributed by atoms with van der Waals surface area (Å²) in [6.45, 7) is 1.85. The molecule has 104 valence electrons. The van der Waals surface area contributed by atoms with E-state index < -0.39 is 0 Å². The molecule has 0 saturated heterocycles. The van der Waals surface area contributed by atoms with Crippen molar-refractivity contribution in [3.8, 4) is 0 Å². The monoisotopic (exact) mass is 286 g/mol. The maximum Gasteiger partial charge on any atom is 0.0646 e. The first kappa shape index (κ1) is 13.5. The summed E-state index contributed by atoms with van der Waals surface area (Å²) >= 11 is 6.50. The number of nitrogens with zero attached hydrogens (tertiary/aromatic N) is 1. The maximum absolute atomic E-state index is 6.50. The van der Waals surface area contributed by atoms with Gasteiger partial charge in [0.1, 0.15) is 0 Å². The molecule has 0 bridgehead atoms. The smallest absolute Gasteiger partial charge is 0.0646 e. The van der Waals surface area contributed by atoms with Gasteiger partial charge in [-0.05, 0) is 43.1 Å². The second-order valence-electron chi connectivity index (χ2n) is 5.16. The van der Waals surface area contributed by atoms with E-state index in [1.165, 1.54) is 23.2 Å². The molecule has 1 N–H and O–H groups in total. The molecule has 1 heterocycles. The Bertz CT molecular complexity index is 610. The summed E-state index contributed by atoms with van der Waals surface area (Å²) in [4.78, 5) is 2.37. The molecule has 1 aliphatic heterocycles. The third-order valence-electron chi connectivity index (χ3n) is 3.82. The van der Waals surface area contributed by atoms with Gasteiger partial charge >= 0.3 is 0 Å². The maximum atomic E-state index is 6.50. The molecule has 3 rings (SSSR count). The van der Waals surface area contributed by atoms with Gasteiger partial charge in [-0.3, -0.25) is 0 Å². The summed E-state index contributed by atoms with van der Waals surface area (Å²) < 4.78 is 0. The van der Waals surface area contributed by atoms with Crippen LogP contribution < -0.4 is 10.2 Å². The molecule has 0 aromatic heterocycles. The summed E-state index contributed by atoms with van der Waals surface area (Å²) in [5, 5.41) is 4.06. The number of anilines is 2. The molecule has 2 aromatic carbocycles. The fourth-order valence-electron chi connectivity index (χ4n) is 2.96. The Labute approximate surface area is 125 Å². The van der Waals surface area contributed by atoms with E-state index in [-0.39, 0.29) is 0 Å². The molecular formula is C17H19ClN2. The Kier molecular flexibility index (Phi) is 3.95. The van der Waals surface area contributed by atoms with E-state index in [4.69, 9.17) is 11.6 Å². The summed E-state index contributed by atoms with van der Waals surface area (Å²) in [6, 6.07) is 14.8. The van der Waals surface area contributed by atoms with Crippen LogP contribution in [0.4, 0.5) is 11.4 Å². The zero-order valence-corrected chi connectivity index (χ0v) is 12.5. The molecule has 0 unspecified atom stereocenters. The molecule has 0 fully saturated rings. The molecule has 2 nitrogen and oxygen atoms in total. The highest BCUT2D eigenvalue weighted by Gasteiger charge is 2.21.